The zero-order chi connectivity index (χ0) is 14.5. The van der Waals surface area contributed by atoms with Gasteiger partial charge in [0.05, 0.1) is 19.2 Å². The van der Waals surface area contributed by atoms with E-state index in [2.05, 4.69) is 11.6 Å². The van der Waals surface area contributed by atoms with Crippen molar-refractivity contribution in [1.29, 1.82) is 0 Å². The van der Waals surface area contributed by atoms with Crippen LogP contribution in [-0.4, -0.2) is 31.8 Å². The molecule has 20 heavy (non-hydrogen) atoms. The Morgan fingerprint density at radius 2 is 2.10 bits per heavy atom. The monoisotopic (exact) mass is 315 g/mol. The van der Waals surface area contributed by atoms with Gasteiger partial charge >= 0.3 is 0 Å². The molecule has 2 unspecified atom stereocenters. The standard InChI is InChI=1S/C15H22ClNO2S/c1-18-12-8-7-10(14(16)15(12)19-2)9-17-11-5-4-6-13(11)20-3/h7-8,11,13,17H,4-6,9H2,1-3H3. The predicted molar refractivity (Wildman–Crippen MR) is 86.3 cm³/mol. The highest BCUT2D eigenvalue weighted by Gasteiger charge is 2.26. The van der Waals surface area contributed by atoms with E-state index in [0.29, 0.717) is 27.8 Å². The largest absolute Gasteiger partial charge is 0.493 e. The Bertz CT molecular complexity index is 456. The molecule has 1 aliphatic rings. The van der Waals surface area contributed by atoms with E-state index in [-0.39, 0.29) is 0 Å². The van der Waals surface area contributed by atoms with Crippen LogP contribution in [0.15, 0.2) is 12.1 Å². The molecule has 0 radical (unpaired) electrons. The maximum Gasteiger partial charge on any atom is 0.179 e. The van der Waals surface area contributed by atoms with Gasteiger partial charge in [0.25, 0.3) is 0 Å². The summed E-state index contributed by atoms with van der Waals surface area (Å²) in [5.74, 6) is 1.28. The molecule has 0 saturated heterocycles. The minimum absolute atomic E-state index is 0.578. The second-order valence-corrected chi connectivity index (χ2v) is 6.42. The number of ether oxygens (including phenoxy) is 2. The summed E-state index contributed by atoms with van der Waals surface area (Å²) in [4.78, 5) is 0. The van der Waals surface area contributed by atoms with Crippen LogP contribution in [0.2, 0.25) is 5.02 Å². The Balaban J connectivity index is 2.06. The number of halogens is 1. The summed E-state index contributed by atoms with van der Waals surface area (Å²) in [7, 11) is 3.23. The fourth-order valence-corrected chi connectivity index (χ4v) is 4.01. The highest BCUT2D eigenvalue weighted by Crippen LogP contribution is 2.37. The molecule has 1 saturated carbocycles. The molecule has 0 amide bonds. The Kier molecular flexibility index (Phi) is 5.87. The third-order valence-electron chi connectivity index (χ3n) is 3.88. The van der Waals surface area contributed by atoms with Gasteiger partial charge in [0.15, 0.2) is 11.5 Å². The van der Waals surface area contributed by atoms with Crippen LogP contribution < -0.4 is 14.8 Å². The van der Waals surface area contributed by atoms with Crippen molar-refractivity contribution in [3.63, 3.8) is 0 Å². The Morgan fingerprint density at radius 1 is 1.30 bits per heavy atom. The average molecular weight is 316 g/mol. The minimum Gasteiger partial charge on any atom is -0.493 e. The smallest absolute Gasteiger partial charge is 0.179 e. The van der Waals surface area contributed by atoms with Gasteiger partial charge in [0, 0.05) is 17.8 Å². The van der Waals surface area contributed by atoms with E-state index in [1.807, 2.05) is 23.9 Å². The zero-order valence-electron chi connectivity index (χ0n) is 12.2. The first-order valence-electron chi connectivity index (χ1n) is 6.86. The first-order valence-corrected chi connectivity index (χ1v) is 8.53. The summed E-state index contributed by atoms with van der Waals surface area (Å²) in [6, 6.07) is 4.48. The van der Waals surface area contributed by atoms with Gasteiger partial charge in [0.2, 0.25) is 0 Å². The average Bonchev–Trinajstić information content (AvgIpc) is 2.93. The van der Waals surface area contributed by atoms with Crippen molar-refractivity contribution < 1.29 is 9.47 Å². The van der Waals surface area contributed by atoms with E-state index in [1.54, 1.807) is 14.2 Å². The lowest BCUT2D eigenvalue weighted by Gasteiger charge is -2.20. The van der Waals surface area contributed by atoms with Gasteiger partial charge in [-0.05, 0) is 30.7 Å². The normalized spacial score (nSPS) is 22.0. The molecular formula is C15H22ClNO2S. The summed E-state index contributed by atoms with van der Waals surface area (Å²) >= 11 is 8.35. The van der Waals surface area contributed by atoms with Crippen LogP contribution in [0.5, 0.6) is 11.5 Å². The van der Waals surface area contributed by atoms with Gasteiger partial charge in [-0.25, -0.2) is 0 Å². The number of thioether (sulfide) groups is 1. The van der Waals surface area contributed by atoms with E-state index in [1.165, 1.54) is 19.3 Å². The lowest BCUT2D eigenvalue weighted by molar-refractivity contribution is 0.354. The topological polar surface area (TPSA) is 30.5 Å². The van der Waals surface area contributed by atoms with Gasteiger partial charge in [-0.2, -0.15) is 11.8 Å². The number of methoxy groups -OCH3 is 2. The van der Waals surface area contributed by atoms with Crippen LogP contribution in [-0.2, 0) is 6.54 Å². The molecule has 0 heterocycles. The third-order valence-corrected chi connectivity index (χ3v) is 5.46. The summed E-state index contributed by atoms with van der Waals surface area (Å²) in [5.41, 5.74) is 1.05. The number of hydrogen-bond acceptors (Lipinski definition) is 4. The first kappa shape index (κ1) is 15.8. The summed E-state index contributed by atoms with van der Waals surface area (Å²) in [6.07, 6.45) is 6.05. The van der Waals surface area contributed by atoms with Crippen molar-refractivity contribution in [2.45, 2.75) is 37.1 Å². The molecule has 0 bridgehead atoms. The quantitative estimate of drug-likeness (QED) is 0.866. The summed E-state index contributed by atoms with van der Waals surface area (Å²) in [6.45, 7) is 0.765. The highest BCUT2D eigenvalue weighted by atomic mass is 35.5. The lowest BCUT2D eigenvalue weighted by atomic mass is 10.1. The molecule has 0 spiro atoms. The fraction of sp³-hybridized carbons (Fsp3) is 0.600. The van der Waals surface area contributed by atoms with Gasteiger partial charge in [-0.15, -0.1) is 0 Å². The summed E-state index contributed by atoms with van der Waals surface area (Å²) < 4.78 is 10.6. The molecule has 1 aromatic carbocycles. The predicted octanol–water partition coefficient (Wildman–Crippen LogP) is 3.73. The summed E-state index contributed by atoms with van der Waals surface area (Å²) in [5, 5.41) is 4.98. The SMILES string of the molecule is COc1ccc(CNC2CCCC2SC)c(Cl)c1OC. The van der Waals surface area contributed by atoms with Crippen molar-refractivity contribution in [2.75, 3.05) is 20.5 Å². The Labute approximate surface area is 130 Å². The van der Waals surface area contributed by atoms with Crippen molar-refractivity contribution in [3.8, 4) is 11.5 Å². The van der Waals surface area contributed by atoms with Crippen molar-refractivity contribution in [3.05, 3.63) is 22.7 Å². The zero-order valence-corrected chi connectivity index (χ0v) is 13.8. The van der Waals surface area contributed by atoms with Crippen molar-refractivity contribution >= 4 is 23.4 Å². The van der Waals surface area contributed by atoms with E-state index >= 15 is 0 Å². The number of hydrogen-bond donors (Lipinski definition) is 1. The molecule has 2 rings (SSSR count). The molecule has 5 heteroatoms. The van der Waals surface area contributed by atoms with E-state index in [9.17, 15) is 0 Å². The van der Waals surface area contributed by atoms with Crippen LogP contribution in [0.25, 0.3) is 0 Å². The van der Waals surface area contributed by atoms with Crippen LogP contribution in [0, 0.1) is 0 Å². The molecule has 112 valence electrons. The Hall–Kier alpha value is -0.580. The first-order chi connectivity index (χ1) is 9.71. The van der Waals surface area contributed by atoms with Gasteiger partial charge in [0.1, 0.15) is 0 Å². The van der Waals surface area contributed by atoms with E-state index < -0.39 is 0 Å². The third kappa shape index (κ3) is 3.35. The Morgan fingerprint density at radius 3 is 2.75 bits per heavy atom. The number of benzene rings is 1. The molecule has 3 nitrogen and oxygen atoms in total. The van der Waals surface area contributed by atoms with Crippen LogP contribution in [0.3, 0.4) is 0 Å². The van der Waals surface area contributed by atoms with Crippen LogP contribution >= 0.6 is 23.4 Å². The molecule has 0 aromatic heterocycles. The lowest BCUT2D eigenvalue weighted by Crippen LogP contribution is -2.33. The number of nitrogens with one attached hydrogen (secondary N) is 1. The molecular weight excluding hydrogens is 294 g/mol. The second-order valence-electron chi connectivity index (χ2n) is 4.97. The molecule has 1 N–H and O–H groups in total. The second kappa shape index (κ2) is 7.43. The fourth-order valence-electron chi connectivity index (χ4n) is 2.75. The van der Waals surface area contributed by atoms with E-state index in [0.717, 1.165) is 12.1 Å². The molecule has 2 atom stereocenters. The van der Waals surface area contributed by atoms with Crippen molar-refractivity contribution in [1.82, 2.24) is 5.32 Å². The maximum absolute atomic E-state index is 6.40. The van der Waals surface area contributed by atoms with Crippen LogP contribution in [0.4, 0.5) is 0 Å². The van der Waals surface area contributed by atoms with E-state index in [4.69, 9.17) is 21.1 Å². The van der Waals surface area contributed by atoms with Crippen molar-refractivity contribution in [2.24, 2.45) is 0 Å². The van der Waals surface area contributed by atoms with Gasteiger partial charge in [-0.3, -0.25) is 0 Å². The number of rotatable bonds is 6. The van der Waals surface area contributed by atoms with Gasteiger partial charge < -0.3 is 14.8 Å². The molecule has 1 aliphatic carbocycles. The maximum atomic E-state index is 6.40. The molecule has 1 aromatic rings. The highest BCUT2D eigenvalue weighted by molar-refractivity contribution is 7.99. The van der Waals surface area contributed by atoms with Crippen LogP contribution in [0.1, 0.15) is 24.8 Å². The minimum atomic E-state index is 0.578. The molecule has 1 fully saturated rings. The molecule has 0 aliphatic heterocycles. The van der Waals surface area contributed by atoms with Gasteiger partial charge in [-0.1, -0.05) is 24.1 Å².